The Morgan fingerprint density at radius 2 is 2.19 bits per heavy atom. The van der Waals surface area contributed by atoms with Crippen molar-refractivity contribution in [2.24, 2.45) is 0 Å². The molecule has 1 saturated heterocycles. The van der Waals surface area contributed by atoms with Crippen molar-refractivity contribution in [3.8, 4) is 5.69 Å². The number of halogens is 2. The van der Waals surface area contributed by atoms with Crippen molar-refractivity contribution in [2.75, 3.05) is 18.6 Å². The van der Waals surface area contributed by atoms with Crippen molar-refractivity contribution in [1.82, 2.24) is 14.5 Å². The second-order valence-corrected chi connectivity index (χ2v) is 7.09. The van der Waals surface area contributed by atoms with Gasteiger partial charge >= 0.3 is 5.97 Å². The van der Waals surface area contributed by atoms with E-state index in [1.54, 1.807) is 29.7 Å². The lowest BCUT2D eigenvalue weighted by Gasteiger charge is -2.25. The molecule has 1 aliphatic rings. The summed E-state index contributed by atoms with van der Waals surface area (Å²) in [6, 6.07) is 4.77. The molecule has 140 valence electrons. The smallest absolute Gasteiger partial charge is 0.328 e. The number of benzene rings is 1. The van der Waals surface area contributed by atoms with Crippen LogP contribution in [0.15, 0.2) is 36.9 Å². The van der Waals surface area contributed by atoms with Crippen molar-refractivity contribution in [3.05, 3.63) is 47.0 Å². The molecule has 3 aromatic rings. The number of hydrogen-bond donors (Lipinski definition) is 1. The molecule has 3 heterocycles. The molecule has 27 heavy (non-hydrogen) atoms. The Morgan fingerprint density at radius 3 is 2.89 bits per heavy atom. The van der Waals surface area contributed by atoms with Crippen LogP contribution in [0.25, 0.3) is 16.6 Å². The predicted molar refractivity (Wildman–Crippen MR) is 103 cm³/mol. The summed E-state index contributed by atoms with van der Waals surface area (Å²) in [4.78, 5) is 22.6. The predicted octanol–water partition coefficient (Wildman–Crippen LogP) is 2.84. The van der Waals surface area contributed by atoms with Crippen LogP contribution in [0.1, 0.15) is 6.42 Å². The van der Waals surface area contributed by atoms with Gasteiger partial charge in [-0.05, 0) is 12.1 Å². The van der Waals surface area contributed by atoms with Crippen LogP contribution in [-0.4, -0.2) is 51.4 Å². The fraction of sp³-hybridized carbons (Fsp3) is 0.278. The first-order valence-corrected chi connectivity index (χ1v) is 9.05. The summed E-state index contributed by atoms with van der Waals surface area (Å²) in [5.74, 6) is 0.0807. The van der Waals surface area contributed by atoms with Gasteiger partial charge < -0.3 is 19.3 Å². The second-order valence-electron chi connectivity index (χ2n) is 6.31. The van der Waals surface area contributed by atoms with E-state index in [0.717, 1.165) is 11.1 Å². The molecule has 0 aliphatic carbocycles. The summed E-state index contributed by atoms with van der Waals surface area (Å²) in [6.07, 6.45) is 4.75. The number of rotatable bonds is 3. The summed E-state index contributed by atoms with van der Waals surface area (Å²) in [5, 5.41) is 11.6. The normalized spacial score (nSPS) is 19.6. The molecule has 0 saturated carbocycles. The van der Waals surface area contributed by atoms with Gasteiger partial charge in [0.1, 0.15) is 11.9 Å². The SMILES string of the molecule is COC(=O)C1CC(O)CN1c1cc(-n2ccnc2)c2ccc(Cl)c(Cl)c2n1. The largest absolute Gasteiger partial charge is 0.467 e. The van der Waals surface area contributed by atoms with Crippen LogP contribution in [0.3, 0.4) is 0 Å². The van der Waals surface area contributed by atoms with Crippen LogP contribution in [0.5, 0.6) is 0 Å². The molecule has 1 aromatic carbocycles. The van der Waals surface area contributed by atoms with Crippen LogP contribution in [0, 0.1) is 0 Å². The minimum Gasteiger partial charge on any atom is -0.467 e. The Morgan fingerprint density at radius 1 is 1.37 bits per heavy atom. The molecule has 0 radical (unpaired) electrons. The van der Waals surface area contributed by atoms with Crippen LogP contribution < -0.4 is 4.90 Å². The molecule has 1 fully saturated rings. The number of fused-ring (bicyclic) bond motifs is 1. The number of ether oxygens (including phenoxy) is 1. The van der Waals surface area contributed by atoms with E-state index < -0.39 is 18.1 Å². The zero-order chi connectivity index (χ0) is 19.1. The number of nitrogens with zero attached hydrogens (tertiary/aromatic N) is 4. The summed E-state index contributed by atoms with van der Waals surface area (Å²) in [6.45, 7) is 0.264. The molecule has 0 spiro atoms. The van der Waals surface area contributed by atoms with Gasteiger partial charge in [0.2, 0.25) is 0 Å². The molecule has 4 rings (SSSR count). The van der Waals surface area contributed by atoms with Crippen LogP contribution in [0.2, 0.25) is 10.0 Å². The third kappa shape index (κ3) is 3.12. The zero-order valence-electron chi connectivity index (χ0n) is 14.3. The van der Waals surface area contributed by atoms with E-state index in [1.807, 2.05) is 16.7 Å². The Balaban J connectivity index is 1.93. The highest BCUT2D eigenvalue weighted by Crippen LogP contribution is 2.36. The lowest BCUT2D eigenvalue weighted by atomic mass is 10.1. The molecule has 0 amide bonds. The minimum atomic E-state index is -0.655. The molecule has 2 unspecified atom stereocenters. The van der Waals surface area contributed by atoms with Gasteiger partial charge in [0.05, 0.1) is 40.8 Å². The fourth-order valence-electron chi connectivity index (χ4n) is 3.39. The van der Waals surface area contributed by atoms with Gasteiger partial charge in [-0.15, -0.1) is 0 Å². The van der Waals surface area contributed by atoms with Gasteiger partial charge in [-0.2, -0.15) is 0 Å². The standard InChI is InChI=1S/C18H16Cl2N4O3/c1-27-18(26)14-6-10(25)8-24(14)15-7-13(23-5-4-21-9-23)11-2-3-12(19)16(20)17(11)22-15/h2-5,7,9-10,14,25H,6,8H2,1H3. The number of hydrogen-bond acceptors (Lipinski definition) is 6. The quantitative estimate of drug-likeness (QED) is 0.673. The molecule has 2 aromatic heterocycles. The number of carbonyl (C=O) groups excluding carboxylic acids is 1. The van der Waals surface area contributed by atoms with Crippen molar-refractivity contribution in [2.45, 2.75) is 18.6 Å². The maximum Gasteiger partial charge on any atom is 0.328 e. The molecule has 1 N–H and O–H groups in total. The first kappa shape index (κ1) is 18.0. The van der Waals surface area contributed by atoms with E-state index >= 15 is 0 Å². The first-order chi connectivity index (χ1) is 13.0. The Bertz CT molecular complexity index is 1010. The van der Waals surface area contributed by atoms with Crippen LogP contribution in [-0.2, 0) is 9.53 Å². The summed E-state index contributed by atoms with van der Waals surface area (Å²) in [7, 11) is 1.33. The van der Waals surface area contributed by atoms with Crippen molar-refractivity contribution in [3.63, 3.8) is 0 Å². The molecule has 0 bridgehead atoms. The highest BCUT2D eigenvalue weighted by molar-refractivity contribution is 6.45. The van der Waals surface area contributed by atoms with E-state index in [0.29, 0.717) is 21.4 Å². The van der Waals surface area contributed by atoms with Gasteiger partial charge in [0.15, 0.2) is 0 Å². The lowest BCUT2D eigenvalue weighted by molar-refractivity contribution is -0.142. The first-order valence-electron chi connectivity index (χ1n) is 8.29. The fourth-order valence-corrected chi connectivity index (χ4v) is 3.75. The highest BCUT2D eigenvalue weighted by atomic mass is 35.5. The highest BCUT2D eigenvalue weighted by Gasteiger charge is 2.38. The third-order valence-corrected chi connectivity index (χ3v) is 5.46. The lowest BCUT2D eigenvalue weighted by Crippen LogP contribution is -2.37. The molecular weight excluding hydrogens is 391 g/mol. The number of aliphatic hydroxyl groups excluding tert-OH is 1. The number of imidazole rings is 1. The molecular formula is C18H16Cl2N4O3. The van der Waals surface area contributed by atoms with Crippen molar-refractivity contribution < 1.29 is 14.6 Å². The number of esters is 1. The van der Waals surface area contributed by atoms with Crippen LogP contribution >= 0.6 is 23.2 Å². The van der Waals surface area contributed by atoms with E-state index in [4.69, 9.17) is 27.9 Å². The Hall–Kier alpha value is -2.35. The van der Waals surface area contributed by atoms with E-state index in [1.165, 1.54) is 7.11 Å². The molecule has 1 aliphatic heterocycles. The average molecular weight is 407 g/mol. The monoisotopic (exact) mass is 406 g/mol. The number of aromatic nitrogens is 3. The van der Waals surface area contributed by atoms with Gasteiger partial charge in [0, 0.05) is 36.8 Å². The topological polar surface area (TPSA) is 80.5 Å². The maximum atomic E-state index is 12.2. The van der Waals surface area contributed by atoms with Crippen molar-refractivity contribution >= 4 is 45.9 Å². The number of anilines is 1. The summed E-state index contributed by atoms with van der Waals surface area (Å²) < 4.78 is 6.72. The minimum absolute atomic E-state index is 0.264. The maximum absolute atomic E-state index is 12.2. The number of aliphatic hydroxyl groups is 1. The van der Waals surface area contributed by atoms with Gasteiger partial charge in [-0.3, -0.25) is 0 Å². The van der Waals surface area contributed by atoms with E-state index in [-0.39, 0.29) is 13.0 Å². The number of pyridine rings is 1. The number of β-amino-alcohol motifs (C(OH)–C–C–N with tert-alkyl or cyclic N) is 1. The van der Waals surface area contributed by atoms with E-state index in [2.05, 4.69) is 9.97 Å². The molecule has 7 nitrogen and oxygen atoms in total. The second kappa shape index (κ2) is 6.99. The number of methoxy groups -OCH3 is 1. The molecule has 9 heteroatoms. The Labute approximate surface area is 165 Å². The number of carbonyl (C=O) groups is 1. The van der Waals surface area contributed by atoms with Gasteiger partial charge in [0.25, 0.3) is 0 Å². The third-order valence-electron chi connectivity index (χ3n) is 4.67. The van der Waals surface area contributed by atoms with Gasteiger partial charge in [-0.1, -0.05) is 23.2 Å². The Kier molecular flexibility index (Phi) is 4.67. The van der Waals surface area contributed by atoms with Crippen LogP contribution in [0.4, 0.5) is 5.82 Å². The summed E-state index contributed by atoms with van der Waals surface area (Å²) in [5.41, 5.74) is 1.30. The molecule has 2 atom stereocenters. The van der Waals surface area contributed by atoms with E-state index in [9.17, 15) is 9.90 Å². The van der Waals surface area contributed by atoms with Gasteiger partial charge in [-0.25, -0.2) is 14.8 Å². The average Bonchev–Trinajstić information content (AvgIpc) is 3.33. The summed E-state index contributed by atoms with van der Waals surface area (Å²) >= 11 is 12.6. The zero-order valence-corrected chi connectivity index (χ0v) is 15.9. The van der Waals surface area contributed by atoms with Crippen molar-refractivity contribution in [1.29, 1.82) is 0 Å².